The van der Waals surface area contributed by atoms with Crippen molar-refractivity contribution in [2.45, 2.75) is 52.0 Å². The van der Waals surface area contributed by atoms with Crippen molar-refractivity contribution in [2.75, 3.05) is 6.54 Å². The first kappa shape index (κ1) is 14.9. The van der Waals surface area contributed by atoms with E-state index in [4.69, 9.17) is 11.0 Å². The predicted molar refractivity (Wildman–Crippen MR) is 64.5 cm³/mol. The maximum absolute atomic E-state index is 11.4. The monoisotopic (exact) mass is 225 g/mol. The number of carbonyl (C=O) groups is 1. The molecule has 0 rings (SSSR count). The second kappa shape index (κ2) is 7.24. The second-order valence-electron chi connectivity index (χ2n) is 4.84. The Kier molecular flexibility index (Phi) is 6.75. The van der Waals surface area contributed by atoms with Gasteiger partial charge in [0.25, 0.3) is 0 Å². The summed E-state index contributed by atoms with van der Waals surface area (Å²) in [6, 6.07) is 2.10. The van der Waals surface area contributed by atoms with Crippen LogP contribution in [0.4, 0.5) is 0 Å². The van der Waals surface area contributed by atoms with Gasteiger partial charge in [0.2, 0.25) is 5.91 Å². The minimum atomic E-state index is -0.624. The molecule has 1 amide bonds. The summed E-state index contributed by atoms with van der Waals surface area (Å²) in [4.78, 5) is 11.4. The van der Waals surface area contributed by atoms with Gasteiger partial charge in [-0.1, -0.05) is 13.8 Å². The largest absolute Gasteiger partial charge is 0.368 e. The zero-order chi connectivity index (χ0) is 12.6. The average Bonchev–Trinajstić information content (AvgIpc) is 2.16. The van der Waals surface area contributed by atoms with Crippen LogP contribution in [-0.2, 0) is 4.79 Å². The van der Waals surface area contributed by atoms with Crippen molar-refractivity contribution in [3.8, 4) is 6.07 Å². The summed E-state index contributed by atoms with van der Waals surface area (Å²) >= 11 is 0. The van der Waals surface area contributed by atoms with Crippen molar-refractivity contribution in [3.63, 3.8) is 0 Å². The van der Waals surface area contributed by atoms with Gasteiger partial charge in [0, 0.05) is 6.42 Å². The molecule has 0 fully saturated rings. The standard InChI is InChI=1S/C12H23N3O/c1-10(2)9-12(3,11(14)16)15-8-6-4-5-7-13/h10,15H,4-6,8-9H2,1-3H3,(H2,14,16). The van der Waals surface area contributed by atoms with Gasteiger partial charge < -0.3 is 11.1 Å². The first-order chi connectivity index (χ1) is 7.42. The smallest absolute Gasteiger partial charge is 0.237 e. The highest BCUT2D eigenvalue weighted by Gasteiger charge is 2.30. The van der Waals surface area contributed by atoms with Crippen LogP contribution >= 0.6 is 0 Å². The highest BCUT2D eigenvalue weighted by Crippen LogP contribution is 2.16. The van der Waals surface area contributed by atoms with Crippen molar-refractivity contribution in [1.82, 2.24) is 5.32 Å². The molecular formula is C12H23N3O. The van der Waals surface area contributed by atoms with E-state index in [9.17, 15) is 4.79 Å². The zero-order valence-electron chi connectivity index (χ0n) is 10.5. The molecule has 4 heteroatoms. The van der Waals surface area contributed by atoms with Gasteiger partial charge in [-0.05, 0) is 38.6 Å². The van der Waals surface area contributed by atoms with Crippen LogP contribution in [-0.4, -0.2) is 18.0 Å². The lowest BCUT2D eigenvalue weighted by Crippen LogP contribution is -2.54. The van der Waals surface area contributed by atoms with Crippen LogP contribution in [0.1, 0.15) is 46.5 Å². The number of nitrogens with two attached hydrogens (primary N) is 1. The maximum atomic E-state index is 11.4. The summed E-state index contributed by atoms with van der Waals surface area (Å²) in [7, 11) is 0. The van der Waals surface area contributed by atoms with Gasteiger partial charge in [-0.3, -0.25) is 4.79 Å². The molecule has 0 saturated carbocycles. The number of nitrogens with one attached hydrogen (secondary N) is 1. The Morgan fingerprint density at radius 2 is 2.12 bits per heavy atom. The topological polar surface area (TPSA) is 78.9 Å². The minimum Gasteiger partial charge on any atom is -0.368 e. The Labute approximate surface area is 98.2 Å². The summed E-state index contributed by atoms with van der Waals surface area (Å²) < 4.78 is 0. The molecule has 0 aliphatic heterocycles. The number of nitrogens with zero attached hydrogens (tertiary/aromatic N) is 1. The molecule has 0 aromatic heterocycles. The summed E-state index contributed by atoms with van der Waals surface area (Å²) in [5, 5.41) is 11.6. The minimum absolute atomic E-state index is 0.304. The summed E-state index contributed by atoms with van der Waals surface area (Å²) in [5.41, 5.74) is 4.78. The molecule has 0 aromatic rings. The highest BCUT2D eigenvalue weighted by molar-refractivity contribution is 5.84. The van der Waals surface area contributed by atoms with Crippen LogP contribution in [0, 0.1) is 17.2 Å². The van der Waals surface area contributed by atoms with Crippen molar-refractivity contribution < 1.29 is 4.79 Å². The molecule has 16 heavy (non-hydrogen) atoms. The molecule has 0 spiro atoms. The SMILES string of the molecule is CC(C)CC(C)(NCCCCC#N)C(N)=O. The lowest BCUT2D eigenvalue weighted by molar-refractivity contribution is -0.124. The van der Waals surface area contributed by atoms with Crippen molar-refractivity contribution in [2.24, 2.45) is 11.7 Å². The summed E-state index contributed by atoms with van der Waals surface area (Å²) in [6.07, 6.45) is 3.06. The van der Waals surface area contributed by atoms with E-state index in [-0.39, 0.29) is 5.91 Å². The normalized spacial score (nSPS) is 14.4. The van der Waals surface area contributed by atoms with Gasteiger partial charge in [-0.25, -0.2) is 0 Å². The van der Waals surface area contributed by atoms with Gasteiger partial charge in [0.05, 0.1) is 11.6 Å². The number of carbonyl (C=O) groups excluding carboxylic acids is 1. The first-order valence-corrected chi connectivity index (χ1v) is 5.84. The van der Waals surface area contributed by atoms with E-state index in [1.54, 1.807) is 0 Å². The Hall–Kier alpha value is -1.08. The summed E-state index contributed by atoms with van der Waals surface area (Å²) in [5.74, 6) is 0.116. The van der Waals surface area contributed by atoms with Gasteiger partial charge in [-0.15, -0.1) is 0 Å². The second-order valence-corrected chi connectivity index (χ2v) is 4.84. The first-order valence-electron chi connectivity index (χ1n) is 5.84. The summed E-state index contributed by atoms with van der Waals surface area (Å²) in [6.45, 7) is 6.71. The molecular weight excluding hydrogens is 202 g/mol. The molecule has 1 unspecified atom stereocenters. The number of hydrogen-bond donors (Lipinski definition) is 2. The van der Waals surface area contributed by atoms with E-state index in [0.717, 1.165) is 25.8 Å². The number of nitriles is 1. The molecule has 0 aliphatic rings. The number of hydrogen-bond acceptors (Lipinski definition) is 3. The molecule has 0 aliphatic carbocycles. The lowest BCUT2D eigenvalue weighted by Gasteiger charge is -2.29. The number of amides is 1. The van der Waals surface area contributed by atoms with Gasteiger partial charge in [-0.2, -0.15) is 5.26 Å². The van der Waals surface area contributed by atoms with E-state index in [1.165, 1.54) is 0 Å². The molecule has 0 radical (unpaired) electrons. The van der Waals surface area contributed by atoms with Crippen molar-refractivity contribution in [1.29, 1.82) is 5.26 Å². The quantitative estimate of drug-likeness (QED) is 0.615. The van der Waals surface area contributed by atoms with Gasteiger partial charge in [0.1, 0.15) is 0 Å². The molecule has 0 aromatic carbocycles. The third-order valence-corrected chi connectivity index (χ3v) is 2.59. The van der Waals surface area contributed by atoms with Crippen LogP contribution in [0.15, 0.2) is 0 Å². The highest BCUT2D eigenvalue weighted by atomic mass is 16.1. The third kappa shape index (κ3) is 5.72. The van der Waals surface area contributed by atoms with Crippen LogP contribution in [0.2, 0.25) is 0 Å². The van der Waals surface area contributed by atoms with E-state index in [0.29, 0.717) is 12.3 Å². The van der Waals surface area contributed by atoms with E-state index in [2.05, 4.69) is 25.2 Å². The molecule has 0 bridgehead atoms. The molecule has 92 valence electrons. The molecule has 0 heterocycles. The van der Waals surface area contributed by atoms with Crippen LogP contribution < -0.4 is 11.1 Å². The Morgan fingerprint density at radius 3 is 2.56 bits per heavy atom. The number of unbranched alkanes of at least 4 members (excludes halogenated alkanes) is 2. The number of primary amides is 1. The number of rotatable bonds is 8. The predicted octanol–water partition coefficient (Wildman–Crippen LogP) is 1.56. The van der Waals surface area contributed by atoms with E-state index < -0.39 is 5.54 Å². The Bertz CT molecular complexity index is 257. The Morgan fingerprint density at radius 1 is 1.50 bits per heavy atom. The van der Waals surface area contributed by atoms with Gasteiger partial charge >= 0.3 is 0 Å². The van der Waals surface area contributed by atoms with E-state index >= 15 is 0 Å². The van der Waals surface area contributed by atoms with Crippen molar-refractivity contribution in [3.05, 3.63) is 0 Å². The fourth-order valence-corrected chi connectivity index (χ4v) is 1.77. The lowest BCUT2D eigenvalue weighted by atomic mass is 9.90. The third-order valence-electron chi connectivity index (χ3n) is 2.59. The van der Waals surface area contributed by atoms with Crippen molar-refractivity contribution >= 4 is 5.91 Å². The Balaban J connectivity index is 4.04. The fraction of sp³-hybridized carbons (Fsp3) is 0.833. The molecule has 4 nitrogen and oxygen atoms in total. The van der Waals surface area contributed by atoms with E-state index in [1.807, 2.05) is 6.92 Å². The van der Waals surface area contributed by atoms with Crippen LogP contribution in [0.25, 0.3) is 0 Å². The van der Waals surface area contributed by atoms with Gasteiger partial charge in [0.15, 0.2) is 0 Å². The molecule has 0 saturated heterocycles. The van der Waals surface area contributed by atoms with Crippen LogP contribution in [0.3, 0.4) is 0 Å². The zero-order valence-corrected chi connectivity index (χ0v) is 10.5. The fourth-order valence-electron chi connectivity index (χ4n) is 1.77. The maximum Gasteiger partial charge on any atom is 0.237 e. The molecule has 1 atom stereocenters. The average molecular weight is 225 g/mol. The van der Waals surface area contributed by atoms with Crippen LogP contribution in [0.5, 0.6) is 0 Å². The molecule has 3 N–H and O–H groups in total.